The van der Waals surface area contributed by atoms with Crippen LogP contribution in [0.15, 0.2) is 12.5 Å². The van der Waals surface area contributed by atoms with Crippen molar-refractivity contribution in [1.29, 1.82) is 0 Å². The molecule has 1 saturated heterocycles. The number of carbonyl (C=O) groups is 3. The number of hydrogen-bond donors (Lipinski definition) is 2. The normalized spacial score (nSPS) is 20.0. The highest BCUT2D eigenvalue weighted by molar-refractivity contribution is 6.01. The lowest BCUT2D eigenvalue weighted by molar-refractivity contribution is -0.163. The number of H-pyrrole nitrogens is 1. The number of nitrogens with one attached hydrogen (secondary N) is 1. The second-order valence-corrected chi connectivity index (χ2v) is 5.81. The van der Waals surface area contributed by atoms with Crippen LogP contribution in [0.2, 0.25) is 0 Å². The molecule has 0 aliphatic carbocycles. The van der Waals surface area contributed by atoms with Crippen molar-refractivity contribution in [3.63, 3.8) is 0 Å². The molecule has 7 nitrogen and oxygen atoms in total. The average molecular weight is 279 g/mol. The van der Waals surface area contributed by atoms with Gasteiger partial charge in [-0.25, -0.2) is 9.78 Å². The monoisotopic (exact) mass is 279 g/mol. The molecule has 20 heavy (non-hydrogen) atoms. The van der Waals surface area contributed by atoms with E-state index in [0.717, 1.165) is 4.90 Å². The zero-order valence-corrected chi connectivity index (χ0v) is 11.4. The van der Waals surface area contributed by atoms with Gasteiger partial charge >= 0.3 is 5.97 Å². The van der Waals surface area contributed by atoms with Gasteiger partial charge in [0, 0.05) is 31.2 Å². The standard InChI is InChI=1S/C13H17N3O4/c1-13(2)4-10(17)16(11(18)5-13)9(12(19)20)3-8-6-14-7-15-8/h6-7,9H,3-5H2,1-2H3,(H,14,15)(H,19,20). The summed E-state index contributed by atoms with van der Waals surface area (Å²) in [6.45, 7) is 3.65. The summed E-state index contributed by atoms with van der Waals surface area (Å²) in [5.41, 5.74) is 0.157. The maximum absolute atomic E-state index is 12.1. The fourth-order valence-electron chi connectivity index (χ4n) is 2.43. The summed E-state index contributed by atoms with van der Waals surface area (Å²) >= 11 is 0. The lowest BCUT2D eigenvalue weighted by atomic mass is 9.81. The predicted octanol–water partition coefficient (Wildman–Crippen LogP) is 0.581. The van der Waals surface area contributed by atoms with Gasteiger partial charge < -0.3 is 10.1 Å². The largest absolute Gasteiger partial charge is 0.480 e. The highest BCUT2D eigenvalue weighted by atomic mass is 16.4. The first-order valence-corrected chi connectivity index (χ1v) is 6.35. The van der Waals surface area contributed by atoms with Crippen LogP contribution in [0.1, 0.15) is 32.4 Å². The number of carboxylic acid groups (broad SMARTS) is 1. The van der Waals surface area contributed by atoms with Gasteiger partial charge in [0.15, 0.2) is 0 Å². The first kappa shape index (κ1) is 14.2. The molecular formula is C13H17N3O4. The Kier molecular flexibility index (Phi) is 3.61. The predicted molar refractivity (Wildman–Crippen MR) is 68.6 cm³/mol. The fourth-order valence-corrected chi connectivity index (χ4v) is 2.43. The quantitative estimate of drug-likeness (QED) is 0.785. The second kappa shape index (κ2) is 5.07. The molecule has 7 heteroatoms. The third-order valence-corrected chi connectivity index (χ3v) is 3.36. The van der Waals surface area contributed by atoms with E-state index in [-0.39, 0.29) is 19.3 Å². The Bertz CT molecular complexity index is 516. The van der Waals surface area contributed by atoms with E-state index in [2.05, 4.69) is 9.97 Å². The van der Waals surface area contributed by atoms with Crippen molar-refractivity contribution in [3.8, 4) is 0 Å². The summed E-state index contributed by atoms with van der Waals surface area (Å²) in [5, 5.41) is 9.31. The van der Waals surface area contributed by atoms with Gasteiger partial charge in [-0.3, -0.25) is 14.5 Å². The molecule has 1 aliphatic heterocycles. The summed E-state index contributed by atoms with van der Waals surface area (Å²) in [4.78, 5) is 43.1. The number of imide groups is 1. The lowest BCUT2D eigenvalue weighted by Gasteiger charge is -2.37. The number of aromatic nitrogens is 2. The number of aromatic amines is 1. The van der Waals surface area contributed by atoms with E-state index in [1.165, 1.54) is 12.5 Å². The molecule has 1 fully saturated rings. The Morgan fingerprint density at radius 1 is 1.45 bits per heavy atom. The van der Waals surface area contributed by atoms with Gasteiger partial charge in [0.2, 0.25) is 11.8 Å². The summed E-state index contributed by atoms with van der Waals surface area (Å²) in [6.07, 6.45) is 3.29. The van der Waals surface area contributed by atoms with Crippen molar-refractivity contribution in [2.75, 3.05) is 0 Å². The van der Waals surface area contributed by atoms with Crippen molar-refractivity contribution in [2.24, 2.45) is 5.41 Å². The van der Waals surface area contributed by atoms with Crippen molar-refractivity contribution in [2.45, 2.75) is 39.2 Å². The molecule has 2 N–H and O–H groups in total. The van der Waals surface area contributed by atoms with Crippen LogP contribution < -0.4 is 0 Å². The van der Waals surface area contributed by atoms with E-state index >= 15 is 0 Å². The van der Waals surface area contributed by atoms with Crippen LogP contribution >= 0.6 is 0 Å². The minimum Gasteiger partial charge on any atom is -0.480 e. The summed E-state index contributed by atoms with van der Waals surface area (Å²) in [7, 11) is 0. The van der Waals surface area contributed by atoms with E-state index in [9.17, 15) is 19.5 Å². The Hall–Kier alpha value is -2.18. The molecule has 0 bridgehead atoms. The van der Waals surface area contributed by atoms with Crippen molar-refractivity contribution in [1.82, 2.24) is 14.9 Å². The van der Waals surface area contributed by atoms with E-state index in [0.29, 0.717) is 5.69 Å². The first-order valence-electron chi connectivity index (χ1n) is 6.35. The molecule has 2 heterocycles. The van der Waals surface area contributed by atoms with Crippen LogP contribution in [-0.4, -0.2) is 43.8 Å². The minimum atomic E-state index is -1.19. The summed E-state index contributed by atoms with van der Waals surface area (Å²) in [6, 6.07) is -1.19. The SMILES string of the molecule is CC1(C)CC(=O)N(C(Cc2cnc[nH]2)C(=O)O)C(=O)C1. The Balaban J connectivity index is 2.23. The number of amides is 2. The second-order valence-electron chi connectivity index (χ2n) is 5.81. The molecule has 0 saturated carbocycles. The van der Waals surface area contributed by atoms with Crippen LogP contribution in [0.25, 0.3) is 0 Å². The molecule has 1 aromatic rings. The van der Waals surface area contributed by atoms with Gasteiger partial charge in [0.25, 0.3) is 0 Å². The first-order chi connectivity index (χ1) is 9.30. The maximum atomic E-state index is 12.1. The van der Waals surface area contributed by atoms with E-state index in [4.69, 9.17) is 0 Å². The topological polar surface area (TPSA) is 103 Å². The number of piperidine rings is 1. The van der Waals surface area contributed by atoms with Crippen molar-refractivity contribution < 1.29 is 19.5 Å². The fraction of sp³-hybridized carbons (Fsp3) is 0.538. The zero-order chi connectivity index (χ0) is 14.9. The maximum Gasteiger partial charge on any atom is 0.327 e. The van der Waals surface area contributed by atoms with Crippen LogP contribution in [0.5, 0.6) is 0 Å². The van der Waals surface area contributed by atoms with Crippen molar-refractivity contribution in [3.05, 3.63) is 18.2 Å². The minimum absolute atomic E-state index is 0.0350. The van der Waals surface area contributed by atoms with E-state index in [1.54, 1.807) is 0 Å². The van der Waals surface area contributed by atoms with Crippen LogP contribution in [0, 0.1) is 5.41 Å². The van der Waals surface area contributed by atoms with Gasteiger partial charge in [0.1, 0.15) is 6.04 Å². The number of hydrogen-bond acceptors (Lipinski definition) is 4. The molecule has 1 unspecified atom stereocenters. The van der Waals surface area contributed by atoms with Gasteiger partial charge in [0.05, 0.1) is 6.33 Å². The number of aliphatic carboxylic acids is 1. The smallest absolute Gasteiger partial charge is 0.327 e. The molecule has 1 aromatic heterocycles. The van der Waals surface area contributed by atoms with Gasteiger partial charge in [-0.1, -0.05) is 13.8 Å². The molecule has 0 spiro atoms. The van der Waals surface area contributed by atoms with E-state index in [1.807, 2.05) is 13.8 Å². The number of rotatable bonds is 4. The van der Waals surface area contributed by atoms with Crippen LogP contribution in [0.3, 0.4) is 0 Å². The molecule has 2 amide bonds. The van der Waals surface area contributed by atoms with Gasteiger partial charge in [-0.05, 0) is 5.41 Å². The number of likely N-dealkylation sites (tertiary alicyclic amines) is 1. The number of carbonyl (C=O) groups excluding carboxylic acids is 2. The third kappa shape index (κ3) is 2.87. The Labute approximate surface area is 116 Å². The van der Waals surface area contributed by atoms with Crippen LogP contribution in [0.4, 0.5) is 0 Å². The lowest BCUT2D eigenvalue weighted by Crippen LogP contribution is -2.54. The molecular weight excluding hydrogens is 262 g/mol. The molecule has 2 rings (SSSR count). The number of imidazole rings is 1. The number of carboxylic acids is 1. The molecule has 1 aliphatic rings. The summed E-state index contributed by atoms with van der Waals surface area (Å²) < 4.78 is 0. The number of nitrogens with zero attached hydrogens (tertiary/aromatic N) is 2. The van der Waals surface area contributed by atoms with E-state index < -0.39 is 29.2 Å². The molecule has 0 aromatic carbocycles. The van der Waals surface area contributed by atoms with Gasteiger partial charge in [-0.2, -0.15) is 0 Å². The molecule has 0 radical (unpaired) electrons. The highest BCUT2D eigenvalue weighted by Gasteiger charge is 2.43. The highest BCUT2D eigenvalue weighted by Crippen LogP contribution is 2.32. The zero-order valence-electron chi connectivity index (χ0n) is 11.4. The third-order valence-electron chi connectivity index (χ3n) is 3.36. The van der Waals surface area contributed by atoms with Crippen LogP contribution in [-0.2, 0) is 20.8 Å². The molecule has 108 valence electrons. The van der Waals surface area contributed by atoms with Crippen molar-refractivity contribution >= 4 is 17.8 Å². The van der Waals surface area contributed by atoms with Gasteiger partial charge in [-0.15, -0.1) is 0 Å². The summed E-state index contributed by atoms with van der Waals surface area (Å²) in [5.74, 6) is -2.06. The average Bonchev–Trinajstić information content (AvgIpc) is 2.77. The Morgan fingerprint density at radius 3 is 2.50 bits per heavy atom. The Morgan fingerprint density at radius 2 is 2.05 bits per heavy atom. The molecule has 1 atom stereocenters.